The first-order valence-corrected chi connectivity index (χ1v) is 23.8. The quantitative estimate of drug-likeness (QED) is 0.100. The Labute approximate surface area is 395 Å². The molecular formula is C66H44S. The van der Waals surface area contributed by atoms with Crippen LogP contribution in [-0.2, 0) is 0 Å². The third kappa shape index (κ3) is 7.66. The lowest BCUT2D eigenvalue weighted by molar-refractivity contribution is 1.63. The summed E-state index contributed by atoms with van der Waals surface area (Å²) in [5.74, 6) is 0. The molecule has 0 saturated heterocycles. The largest absolute Gasteiger partial charge is 0.135 e. The van der Waals surface area contributed by atoms with Crippen LogP contribution >= 0.6 is 11.3 Å². The molecule has 0 N–H and O–H groups in total. The fourth-order valence-corrected chi connectivity index (χ4v) is 10.9. The Kier molecular flexibility index (Phi) is 10.5. The summed E-state index contributed by atoms with van der Waals surface area (Å²) in [7, 11) is 0. The smallest absolute Gasteiger partial charge is 0.0349 e. The van der Waals surface area contributed by atoms with Crippen molar-refractivity contribution >= 4 is 78.7 Å². The van der Waals surface area contributed by atoms with Crippen molar-refractivity contribution in [2.45, 2.75) is 0 Å². The highest BCUT2D eigenvalue weighted by Gasteiger charge is 2.21. The van der Waals surface area contributed by atoms with E-state index in [2.05, 4.69) is 267 Å². The first kappa shape index (κ1) is 40.2. The number of benzene rings is 11. The zero-order chi connectivity index (χ0) is 44.5. The van der Waals surface area contributed by atoms with Gasteiger partial charge in [-0.3, -0.25) is 0 Å². The van der Waals surface area contributed by atoms with Gasteiger partial charge in [-0.05, 0) is 128 Å². The summed E-state index contributed by atoms with van der Waals surface area (Å²) >= 11 is 1.84. The summed E-state index contributed by atoms with van der Waals surface area (Å²) in [5, 5.41) is 9.87. The Bertz CT molecular complexity index is 3820. The van der Waals surface area contributed by atoms with Gasteiger partial charge in [-0.1, -0.05) is 249 Å². The molecule has 0 saturated carbocycles. The molecule has 12 aromatic rings. The molecule has 1 aromatic heterocycles. The van der Waals surface area contributed by atoms with Gasteiger partial charge >= 0.3 is 0 Å². The molecule has 0 fully saturated rings. The topological polar surface area (TPSA) is 0 Å². The van der Waals surface area contributed by atoms with Crippen LogP contribution in [0.2, 0.25) is 0 Å². The molecule has 0 amide bonds. The fraction of sp³-hybridized carbons (Fsp3) is 0. The van der Waals surface area contributed by atoms with Crippen LogP contribution in [0.25, 0.3) is 122 Å². The van der Waals surface area contributed by atoms with Gasteiger partial charge in [-0.15, -0.1) is 11.3 Å². The molecule has 0 aliphatic rings. The molecule has 12 rings (SSSR count). The van der Waals surface area contributed by atoms with Gasteiger partial charge in [-0.2, -0.15) is 0 Å². The van der Waals surface area contributed by atoms with E-state index in [1.807, 2.05) is 11.3 Å². The molecule has 0 unspecified atom stereocenters. The van der Waals surface area contributed by atoms with E-state index in [0.29, 0.717) is 0 Å². The van der Waals surface area contributed by atoms with Crippen LogP contribution in [0.15, 0.2) is 243 Å². The molecule has 11 aromatic carbocycles. The summed E-state index contributed by atoms with van der Waals surface area (Å²) in [6.07, 6.45) is 8.94. The molecule has 0 nitrogen and oxygen atoms in total. The van der Waals surface area contributed by atoms with Gasteiger partial charge in [0.25, 0.3) is 0 Å². The molecule has 0 aliphatic carbocycles. The third-order valence-electron chi connectivity index (χ3n) is 13.2. The normalized spacial score (nSPS) is 11.8. The van der Waals surface area contributed by atoms with Crippen molar-refractivity contribution in [3.8, 4) is 54.3 Å². The number of rotatable bonds is 9. The van der Waals surface area contributed by atoms with Gasteiger partial charge in [0.2, 0.25) is 0 Å². The van der Waals surface area contributed by atoms with Gasteiger partial charge in [0, 0.05) is 9.75 Å². The second-order valence-electron chi connectivity index (χ2n) is 17.1. The van der Waals surface area contributed by atoms with E-state index in [0.717, 1.165) is 0 Å². The summed E-state index contributed by atoms with van der Waals surface area (Å²) in [6, 6.07) is 88.7. The molecule has 0 bridgehead atoms. The summed E-state index contributed by atoms with van der Waals surface area (Å²) in [6.45, 7) is 0. The van der Waals surface area contributed by atoms with Crippen LogP contribution < -0.4 is 0 Å². The van der Waals surface area contributed by atoms with Gasteiger partial charge in [-0.25, -0.2) is 0 Å². The first-order chi connectivity index (χ1) is 33.2. The van der Waals surface area contributed by atoms with E-state index in [9.17, 15) is 0 Å². The van der Waals surface area contributed by atoms with E-state index in [1.165, 1.54) is 120 Å². The predicted octanol–water partition coefficient (Wildman–Crippen LogP) is 19.0. The van der Waals surface area contributed by atoms with Crippen LogP contribution in [-0.4, -0.2) is 0 Å². The Morgan fingerprint density at radius 2 is 0.627 bits per heavy atom. The lowest BCUT2D eigenvalue weighted by Gasteiger charge is -2.21. The summed E-state index contributed by atoms with van der Waals surface area (Å²) in [4.78, 5) is 2.55. The van der Waals surface area contributed by atoms with E-state index in [4.69, 9.17) is 0 Å². The van der Waals surface area contributed by atoms with Crippen molar-refractivity contribution in [3.63, 3.8) is 0 Å². The lowest BCUT2D eigenvalue weighted by atomic mass is 9.82. The van der Waals surface area contributed by atoms with Crippen molar-refractivity contribution in [2.75, 3.05) is 0 Å². The Balaban J connectivity index is 1.06. The Morgan fingerprint density at radius 1 is 0.239 bits per heavy atom. The predicted molar refractivity (Wildman–Crippen MR) is 292 cm³/mol. The minimum absolute atomic E-state index is 1.18. The molecule has 1 heteroatoms. The highest BCUT2D eigenvalue weighted by Crippen LogP contribution is 2.48. The van der Waals surface area contributed by atoms with Crippen molar-refractivity contribution in [2.24, 2.45) is 0 Å². The monoisotopic (exact) mass is 868 g/mol. The molecular weight excluding hydrogens is 825 g/mol. The van der Waals surface area contributed by atoms with E-state index in [1.54, 1.807) is 0 Å². The zero-order valence-corrected chi connectivity index (χ0v) is 37.6. The highest BCUT2D eigenvalue weighted by molar-refractivity contribution is 7.18. The van der Waals surface area contributed by atoms with Crippen LogP contribution in [0.4, 0.5) is 0 Å². The minimum atomic E-state index is 1.18. The van der Waals surface area contributed by atoms with Crippen molar-refractivity contribution in [1.82, 2.24) is 0 Å². The average molecular weight is 869 g/mol. The average Bonchev–Trinajstić information content (AvgIpc) is 3.91. The molecule has 0 radical (unpaired) electrons. The minimum Gasteiger partial charge on any atom is -0.135 e. The molecule has 0 atom stereocenters. The first-order valence-electron chi connectivity index (χ1n) is 23.0. The van der Waals surface area contributed by atoms with Crippen LogP contribution in [0, 0.1) is 0 Å². The standard InChI is InChI=1S/C66H44S/c1-4-16-45(17-5-1)28-30-48-36-39-59(55-24-12-10-22-53(48)55)65-57-26-14-15-27-58(57)66(60-40-37-49(54-23-11-13-25-56(54)60)31-29-46-18-6-2-7-19-46)62-44-52(38-41-61(62)65)47-32-34-51(35-33-47)64-43-42-63(67-64)50-20-8-3-9-21-50/h1-44H/b30-28+,31-29+. The number of hydrogen-bond acceptors (Lipinski definition) is 1. The van der Waals surface area contributed by atoms with E-state index in [-0.39, 0.29) is 0 Å². The zero-order valence-electron chi connectivity index (χ0n) is 36.8. The number of thiophene rings is 1. The number of hydrogen-bond donors (Lipinski definition) is 0. The van der Waals surface area contributed by atoms with Crippen molar-refractivity contribution in [3.05, 3.63) is 265 Å². The summed E-state index contributed by atoms with van der Waals surface area (Å²) in [5.41, 5.74) is 14.6. The SMILES string of the molecule is C(=C\c1ccc(-c2c3ccccc3c(-c3ccc(/C=C/c4ccccc4)c4ccccc34)c3cc(-c4ccc(-c5ccc(-c6ccccc6)s5)cc4)ccc23)c2ccccc12)/c1ccccc1. The third-order valence-corrected chi connectivity index (χ3v) is 14.3. The maximum Gasteiger partial charge on any atom is 0.0349 e. The van der Waals surface area contributed by atoms with E-state index < -0.39 is 0 Å². The lowest BCUT2D eigenvalue weighted by Crippen LogP contribution is -1.94. The fourth-order valence-electron chi connectivity index (χ4n) is 9.89. The molecule has 67 heavy (non-hydrogen) atoms. The molecule has 0 spiro atoms. The Hall–Kier alpha value is -8.36. The maximum atomic E-state index is 2.45. The van der Waals surface area contributed by atoms with Crippen molar-refractivity contribution < 1.29 is 0 Å². The molecule has 0 aliphatic heterocycles. The van der Waals surface area contributed by atoms with Gasteiger partial charge in [0.15, 0.2) is 0 Å². The summed E-state index contributed by atoms with van der Waals surface area (Å²) < 4.78 is 0. The van der Waals surface area contributed by atoms with Crippen LogP contribution in [0.3, 0.4) is 0 Å². The van der Waals surface area contributed by atoms with Crippen molar-refractivity contribution in [1.29, 1.82) is 0 Å². The second-order valence-corrected chi connectivity index (χ2v) is 18.2. The van der Waals surface area contributed by atoms with Crippen LogP contribution in [0.5, 0.6) is 0 Å². The maximum absolute atomic E-state index is 2.45. The van der Waals surface area contributed by atoms with Gasteiger partial charge < -0.3 is 0 Å². The molecule has 1 heterocycles. The molecule has 314 valence electrons. The number of fused-ring (bicyclic) bond motifs is 4. The van der Waals surface area contributed by atoms with E-state index >= 15 is 0 Å². The van der Waals surface area contributed by atoms with Gasteiger partial charge in [0.1, 0.15) is 0 Å². The van der Waals surface area contributed by atoms with Crippen LogP contribution in [0.1, 0.15) is 22.3 Å². The highest BCUT2D eigenvalue weighted by atomic mass is 32.1. The Morgan fingerprint density at radius 3 is 1.15 bits per heavy atom. The second kappa shape index (κ2) is 17.6. The van der Waals surface area contributed by atoms with Gasteiger partial charge in [0.05, 0.1) is 0 Å².